The van der Waals surface area contributed by atoms with Crippen LogP contribution in [0, 0.1) is 0 Å². The molecule has 1 rings (SSSR count). The predicted molar refractivity (Wildman–Crippen MR) is 54.5 cm³/mol. The van der Waals surface area contributed by atoms with Gasteiger partial charge in [-0.2, -0.15) is 13.2 Å². The highest BCUT2D eigenvalue weighted by atomic mass is 19.4. The maximum Gasteiger partial charge on any atom is 0.418 e. The van der Waals surface area contributed by atoms with E-state index in [1.807, 2.05) is 13.8 Å². The Balaban J connectivity index is 3.17. The second-order valence-corrected chi connectivity index (χ2v) is 3.62. The number of nitrogens with zero attached hydrogens (tertiary/aromatic N) is 1. The Morgan fingerprint density at radius 3 is 2.50 bits per heavy atom. The highest BCUT2D eigenvalue weighted by molar-refractivity contribution is 5.34. The molecule has 0 aliphatic rings. The summed E-state index contributed by atoms with van der Waals surface area (Å²) in [4.78, 5) is 3.84. The second-order valence-electron chi connectivity index (χ2n) is 3.62. The molecule has 0 aliphatic carbocycles. The molecule has 16 heavy (non-hydrogen) atoms. The minimum absolute atomic E-state index is 0.0808. The van der Waals surface area contributed by atoms with Gasteiger partial charge in [0.25, 0.3) is 0 Å². The van der Waals surface area contributed by atoms with Crippen molar-refractivity contribution < 1.29 is 17.9 Å². The lowest BCUT2D eigenvalue weighted by molar-refractivity contribution is -0.137. The van der Waals surface area contributed by atoms with E-state index < -0.39 is 11.7 Å². The van der Waals surface area contributed by atoms with Crippen LogP contribution >= 0.6 is 0 Å². The molecule has 0 fully saturated rings. The van der Waals surface area contributed by atoms with Gasteiger partial charge in [0.2, 0.25) is 0 Å². The second kappa shape index (κ2) is 4.72. The van der Waals surface area contributed by atoms with Gasteiger partial charge in [-0.05, 0) is 12.5 Å². The molecular formula is C11H14F3NO. The van der Waals surface area contributed by atoms with E-state index in [4.69, 9.17) is 4.74 Å². The number of alkyl halides is 3. The molecule has 1 unspecified atom stereocenters. The van der Waals surface area contributed by atoms with Gasteiger partial charge in [-0.1, -0.05) is 13.8 Å². The van der Waals surface area contributed by atoms with Gasteiger partial charge >= 0.3 is 6.18 Å². The third kappa shape index (κ3) is 2.65. The number of halogens is 3. The minimum Gasteiger partial charge on any atom is -0.495 e. The SMILES string of the molecule is CCC(C)c1ncc(C(F)(F)F)cc1OC. The molecule has 0 bridgehead atoms. The molecule has 1 aromatic heterocycles. The first kappa shape index (κ1) is 12.8. The van der Waals surface area contributed by atoms with Crippen LogP contribution in [0.25, 0.3) is 0 Å². The third-order valence-corrected chi connectivity index (χ3v) is 2.51. The van der Waals surface area contributed by atoms with E-state index in [9.17, 15) is 13.2 Å². The molecule has 0 saturated heterocycles. The Labute approximate surface area is 92.5 Å². The van der Waals surface area contributed by atoms with Gasteiger partial charge in [-0.25, -0.2) is 0 Å². The molecule has 0 aliphatic heterocycles. The Bertz CT molecular complexity index is 363. The summed E-state index contributed by atoms with van der Waals surface area (Å²) in [5.74, 6) is 0.279. The molecular weight excluding hydrogens is 219 g/mol. The number of rotatable bonds is 3. The standard InChI is InChI=1S/C11H14F3NO/c1-4-7(2)10-9(16-3)5-8(6-15-10)11(12,13)14/h5-7H,4H2,1-3H3. The first-order valence-electron chi connectivity index (χ1n) is 5.01. The van der Waals surface area contributed by atoms with Gasteiger partial charge in [0.05, 0.1) is 18.4 Å². The summed E-state index contributed by atoms with van der Waals surface area (Å²) in [5, 5.41) is 0. The highest BCUT2D eigenvalue weighted by Gasteiger charge is 2.32. The minimum atomic E-state index is -4.38. The maximum absolute atomic E-state index is 12.4. The van der Waals surface area contributed by atoms with Crippen LogP contribution in [0.1, 0.15) is 37.4 Å². The monoisotopic (exact) mass is 233 g/mol. The van der Waals surface area contributed by atoms with Crippen molar-refractivity contribution in [2.24, 2.45) is 0 Å². The molecule has 90 valence electrons. The van der Waals surface area contributed by atoms with Crippen molar-refractivity contribution in [1.29, 1.82) is 0 Å². The van der Waals surface area contributed by atoms with Crippen molar-refractivity contribution in [2.75, 3.05) is 7.11 Å². The number of aromatic nitrogens is 1. The van der Waals surface area contributed by atoms with Crippen molar-refractivity contribution >= 4 is 0 Å². The van der Waals surface area contributed by atoms with E-state index in [1.165, 1.54) is 7.11 Å². The summed E-state index contributed by atoms with van der Waals surface area (Å²) < 4.78 is 42.2. The molecule has 0 spiro atoms. The van der Waals surface area contributed by atoms with Crippen molar-refractivity contribution in [3.05, 3.63) is 23.5 Å². The molecule has 0 N–H and O–H groups in total. The molecule has 0 aromatic carbocycles. The zero-order valence-electron chi connectivity index (χ0n) is 9.43. The van der Waals surface area contributed by atoms with E-state index in [-0.39, 0.29) is 11.7 Å². The fourth-order valence-corrected chi connectivity index (χ4v) is 1.34. The van der Waals surface area contributed by atoms with Crippen LogP contribution in [0.15, 0.2) is 12.3 Å². The van der Waals surface area contributed by atoms with Crippen molar-refractivity contribution in [3.8, 4) is 5.75 Å². The topological polar surface area (TPSA) is 22.1 Å². The van der Waals surface area contributed by atoms with E-state index in [2.05, 4.69) is 4.98 Å². The van der Waals surface area contributed by atoms with Crippen LogP contribution < -0.4 is 4.74 Å². The predicted octanol–water partition coefficient (Wildman–Crippen LogP) is 3.62. The number of hydrogen-bond donors (Lipinski definition) is 0. The van der Waals surface area contributed by atoms with Gasteiger partial charge in [0.15, 0.2) is 0 Å². The zero-order chi connectivity index (χ0) is 12.3. The first-order valence-corrected chi connectivity index (χ1v) is 5.01. The molecule has 5 heteroatoms. The number of methoxy groups -OCH3 is 1. The van der Waals surface area contributed by atoms with Crippen LogP contribution in [0.4, 0.5) is 13.2 Å². The Kier molecular flexibility index (Phi) is 3.78. The number of hydrogen-bond acceptors (Lipinski definition) is 2. The number of ether oxygens (including phenoxy) is 1. The Hall–Kier alpha value is -1.26. The van der Waals surface area contributed by atoms with Crippen LogP contribution in [0.2, 0.25) is 0 Å². The smallest absolute Gasteiger partial charge is 0.418 e. The Morgan fingerprint density at radius 2 is 2.06 bits per heavy atom. The average molecular weight is 233 g/mol. The number of pyridine rings is 1. The molecule has 2 nitrogen and oxygen atoms in total. The summed E-state index contributed by atoms with van der Waals surface area (Å²) in [6, 6.07) is 0.995. The van der Waals surface area contributed by atoms with Crippen molar-refractivity contribution in [2.45, 2.75) is 32.4 Å². The van der Waals surface area contributed by atoms with Gasteiger partial charge in [-0.15, -0.1) is 0 Å². The molecule has 1 atom stereocenters. The van der Waals surface area contributed by atoms with Gasteiger partial charge in [-0.3, -0.25) is 4.98 Å². The van der Waals surface area contributed by atoms with Crippen LogP contribution in [0.5, 0.6) is 5.75 Å². The summed E-state index contributed by atoms with van der Waals surface area (Å²) in [6.07, 6.45) is -2.73. The van der Waals surface area contributed by atoms with Crippen molar-refractivity contribution in [3.63, 3.8) is 0 Å². The lowest BCUT2D eigenvalue weighted by Gasteiger charge is -2.15. The molecule has 0 saturated carbocycles. The highest BCUT2D eigenvalue weighted by Crippen LogP contribution is 2.34. The lowest BCUT2D eigenvalue weighted by atomic mass is 10.0. The zero-order valence-corrected chi connectivity index (χ0v) is 9.43. The van der Waals surface area contributed by atoms with Gasteiger partial charge in [0, 0.05) is 12.1 Å². The average Bonchev–Trinajstić information content (AvgIpc) is 2.26. The van der Waals surface area contributed by atoms with Gasteiger partial charge in [0.1, 0.15) is 5.75 Å². The fourth-order valence-electron chi connectivity index (χ4n) is 1.34. The molecule has 1 heterocycles. The van der Waals surface area contributed by atoms with E-state index >= 15 is 0 Å². The molecule has 1 aromatic rings. The van der Waals surface area contributed by atoms with Gasteiger partial charge < -0.3 is 4.74 Å². The molecule has 0 amide bonds. The summed E-state index contributed by atoms with van der Waals surface area (Å²) in [7, 11) is 1.35. The summed E-state index contributed by atoms with van der Waals surface area (Å²) in [6.45, 7) is 3.85. The van der Waals surface area contributed by atoms with Crippen LogP contribution in [-0.4, -0.2) is 12.1 Å². The third-order valence-electron chi connectivity index (χ3n) is 2.51. The van der Waals surface area contributed by atoms with E-state index in [0.717, 1.165) is 18.7 Å². The van der Waals surface area contributed by atoms with Crippen molar-refractivity contribution in [1.82, 2.24) is 4.98 Å². The molecule has 0 radical (unpaired) electrons. The summed E-state index contributed by atoms with van der Waals surface area (Å²) in [5.41, 5.74) is -0.214. The van der Waals surface area contributed by atoms with E-state index in [0.29, 0.717) is 5.69 Å². The normalized spacial score (nSPS) is 13.6. The summed E-state index contributed by atoms with van der Waals surface area (Å²) >= 11 is 0. The lowest BCUT2D eigenvalue weighted by Crippen LogP contribution is -2.08. The first-order chi connectivity index (χ1) is 7.40. The largest absolute Gasteiger partial charge is 0.495 e. The Morgan fingerprint density at radius 1 is 1.44 bits per heavy atom. The fraction of sp³-hybridized carbons (Fsp3) is 0.545. The quantitative estimate of drug-likeness (QED) is 0.795. The van der Waals surface area contributed by atoms with Crippen LogP contribution in [0.3, 0.4) is 0 Å². The maximum atomic E-state index is 12.4. The van der Waals surface area contributed by atoms with Crippen LogP contribution in [-0.2, 0) is 6.18 Å². The van der Waals surface area contributed by atoms with E-state index in [1.54, 1.807) is 0 Å².